The van der Waals surface area contributed by atoms with Gasteiger partial charge in [-0.2, -0.15) is 0 Å². The number of carbonyl (C=O) groups excluding carboxylic acids is 1. The van der Waals surface area contributed by atoms with E-state index in [4.69, 9.17) is 11.6 Å². The monoisotopic (exact) mass is 365 g/mol. The first-order valence-corrected chi connectivity index (χ1v) is 9.56. The van der Waals surface area contributed by atoms with Crippen LogP contribution in [0.3, 0.4) is 0 Å². The van der Waals surface area contributed by atoms with Gasteiger partial charge in [-0.15, -0.1) is 22.0 Å². The number of halogens is 1. The summed E-state index contributed by atoms with van der Waals surface area (Å²) in [5, 5.41) is 9.33. The highest BCUT2D eigenvalue weighted by molar-refractivity contribution is 8.00. The van der Waals surface area contributed by atoms with Crippen molar-refractivity contribution in [1.29, 1.82) is 0 Å². The lowest BCUT2D eigenvalue weighted by atomic mass is 10.2. The Labute approximate surface area is 149 Å². The second kappa shape index (κ2) is 7.55. The predicted molar refractivity (Wildman–Crippen MR) is 96.5 cm³/mol. The summed E-state index contributed by atoms with van der Waals surface area (Å²) >= 11 is 8.94. The lowest BCUT2D eigenvalue weighted by Gasteiger charge is -2.22. The average Bonchev–Trinajstić information content (AvgIpc) is 2.72. The van der Waals surface area contributed by atoms with Crippen molar-refractivity contribution in [1.82, 2.24) is 10.2 Å². The van der Waals surface area contributed by atoms with Crippen LogP contribution in [0.2, 0.25) is 5.15 Å². The molecule has 0 N–H and O–H groups in total. The van der Waals surface area contributed by atoms with Gasteiger partial charge in [-0.1, -0.05) is 42.4 Å². The number of nitrogens with zero attached hydrogens (tertiary/aromatic N) is 3. The minimum Gasteiger partial charge on any atom is -0.311 e. The van der Waals surface area contributed by atoms with Crippen molar-refractivity contribution in [2.45, 2.75) is 28.5 Å². The van der Waals surface area contributed by atoms with E-state index in [1.54, 1.807) is 12.1 Å². The number of thioether (sulfide) groups is 2. The molecule has 7 heteroatoms. The lowest BCUT2D eigenvalue weighted by Crippen LogP contribution is -2.33. The van der Waals surface area contributed by atoms with Crippen molar-refractivity contribution in [2.24, 2.45) is 0 Å². The van der Waals surface area contributed by atoms with Crippen LogP contribution in [0.1, 0.15) is 13.3 Å². The van der Waals surface area contributed by atoms with Gasteiger partial charge in [-0.25, -0.2) is 0 Å². The van der Waals surface area contributed by atoms with Gasteiger partial charge in [0.05, 0.1) is 11.4 Å². The number of rotatable bonds is 3. The number of hydrogen-bond donors (Lipinski definition) is 0. The fraction of sp³-hybridized carbons (Fsp3) is 0.312. The SMILES string of the molecule is CC1CCN(C(=O)CSc2ccc(Cl)nn2)c2ccccc2S1. The van der Waals surface area contributed by atoms with E-state index in [0.717, 1.165) is 18.7 Å². The first kappa shape index (κ1) is 16.6. The number of amides is 1. The summed E-state index contributed by atoms with van der Waals surface area (Å²) < 4.78 is 0. The largest absolute Gasteiger partial charge is 0.311 e. The van der Waals surface area contributed by atoms with Crippen molar-refractivity contribution in [2.75, 3.05) is 17.2 Å². The van der Waals surface area contributed by atoms with Crippen LogP contribution < -0.4 is 4.90 Å². The number of aromatic nitrogens is 2. The summed E-state index contributed by atoms with van der Waals surface area (Å²) in [5.41, 5.74) is 1.01. The van der Waals surface area contributed by atoms with Crippen LogP contribution in [-0.4, -0.2) is 33.7 Å². The highest BCUT2D eigenvalue weighted by atomic mass is 35.5. The Hall–Kier alpha value is -1.24. The van der Waals surface area contributed by atoms with Gasteiger partial charge in [0.15, 0.2) is 5.15 Å². The van der Waals surface area contributed by atoms with Crippen molar-refractivity contribution in [3.8, 4) is 0 Å². The molecule has 1 amide bonds. The molecule has 3 rings (SSSR count). The maximum Gasteiger partial charge on any atom is 0.237 e. The minimum atomic E-state index is 0.0916. The average molecular weight is 366 g/mol. The number of anilines is 1. The molecular weight excluding hydrogens is 350 g/mol. The summed E-state index contributed by atoms with van der Waals surface area (Å²) in [5.74, 6) is 0.429. The molecule has 1 unspecified atom stereocenters. The lowest BCUT2D eigenvalue weighted by molar-refractivity contribution is -0.116. The van der Waals surface area contributed by atoms with Crippen LogP contribution in [-0.2, 0) is 4.79 Å². The number of para-hydroxylation sites is 1. The third-order valence-electron chi connectivity index (χ3n) is 3.50. The van der Waals surface area contributed by atoms with Gasteiger partial charge in [0, 0.05) is 16.7 Å². The molecule has 23 heavy (non-hydrogen) atoms. The number of benzene rings is 1. The molecule has 120 valence electrons. The van der Waals surface area contributed by atoms with Gasteiger partial charge in [-0.3, -0.25) is 4.79 Å². The highest BCUT2D eigenvalue weighted by Gasteiger charge is 2.24. The van der Waals surface area contributed by atoms with Gasteiger partial charge >= 0.3 is 0 Å². The van der Waals surface area contributed by atoms with Gasteiger partial charge < -0.3 is 4.90 Å². The standard InChI is InChI=1S/C16H16ClN3OS2/c1-11-8-9-20(12-4-2-3-5-13(12)23-11)16(21)10-22-15-7-6-14(17)18-19-15/h2-7,11H,8-10H2,1H3. The molecule has 0 fully saturated rings. The molecule has 2 heterocycles. The number of fused-ring (bicyclic) bond motifs is 1. The molecule has 0 bridgehead atoms. The normalized spacial score (nSPS) is 17.5. The molecule has 4 nitrogen and oxygen atoms in total. The van der Waals surface area contributed by atoms with Crippen LogP contribution in [0.25, 0.3) is 0 Å². The van der Waals surface area contributed by atoms with Crippen LogP contribution in [0.15, 0.2) is 46.3 Å². The molecule has 1 aromatic heterocycles. The maximum absolute atomic E-state index is 12.7. The number of carbonyl (C=O) groups is 1. The fourth-order valence-electron chi connectivity index (χ4n) is 2.34. The fourth-order valence-corrected chi connectivity index (χ4v) is 4.24. The molecule has 1 aliphatic heterocycles. The van der Waals surface area contributed by atoms with Crippen molar-refractivity contribution in [3.05, 3.63) is 41.6 Å². The zero-order valence-electron chi connectivity index (χ0n) is 12.6. The summed E-state index contributed by atoms with van der Waals surface area (Å²) in [4.78, 5) is 15.7. The molecular formula is C16H16ClN3OS2. The smallest absolute Gasteiger partial charge is 0.237 e. The Morgan fingerprint density at radius 3 is 2.96 bits per heavy atom. The van der Waals surface area contributed by atoms with Crippen LogP contribution >= 0.6 is 35.1 Å². The van der Waals surface area contributed by atoms with E-state index in [1.165, 1.54) is 16.7 Å². The summed E-state index contributed by atoms with van der Waals surface area (Å²) in [6.45, 7) is 2.95. The van der Waals surface area contributed by atoms with Crippen molar-refractivity contribution >= 4 is 46.7 Å². The first-order valence-electron chi connectivity index (χ1n) is 7.31. The topological polar surface area (TPSA) is 46.1 Å². The molecule has 1 aliphatic rings. The first-order chi connectivity index (χ1) is 11.1. The maximum atomic E-state index is 12.7. The van der Waals surface area contributed by atoms with E-state index in [-0.39, 0.29) is 5.91 Å². The molecule has 0 aliphatic carbocycles. The molecule has 0 spiro atoms. The van der Waals surface area contributed by atoms with Crippen LogP contribution in [0, 0.1) is 0 Å². The molecule has 1 aromatic carbocycles. The van der Waals surface area contributed by atoms with E-state index < -0.39 is 0 Å². The van der Waals surface area contributed by atoms with Gasteiger partial charge in [-0.05, 0) is 30.7 Å². The molecule has 2 aromatic rings. The summed E-state index contributed by atoms with van der Waals surface area (Å²) in [6.07, 6.45) is 0.983. The van der Waals surface area contributed by atoms with Crippen molar-refractivity contribution in [3.63, 3.8) is 0 Å². The summed E-state index contributed by atoms with van der Waals surface area (Å²) in [6, 6.07) is 11.6. The molecule has 0 saturated heterocycles. The highest BCUT2D eigenvalue weighted by Crippen LogP contribution is 2.37. The predicted octanol–water partition coefficient (Wildman–Crippen LogP) is 4.14. The van der Waals surface area contributed by atoms with Gasteiger partial charge in [0.1, 0.15) is 5.03 Å². The Kier molecular flexibility index (Phi) is 5.46. The Morgan fingerprint density at radius 2 is 2.17 bits per heavy atom. The van der Waals surface area contributed by atoms with E-state index in [1.807, 2.05) is 34.9 Å². The van der Waals surface area contributed by atoms with E-state index in [9.17, 15) is 4.79 Å². The van der Waals surface area contributed by atoms with Crippen LogP contribution in [0.4, 0.5) is 5.69 Å². The zero-order valence-corrected chi connectivity index (χ0v) is 15.0. The van der Waals surface area contributed by atoms with E-state index in [0.29, 0.717) is 21.2 Å². The Balaban J connectivity index is 1.72. The van der Waals surface area contributed by atoms with Gasteiger partial charge in [0.25, 0.3) is 0 Å². The second-order valence-electron chi connectivity index (χ2n) is 5.21. The Morgan fingerprint density at radius 1 is 1.35 bits per heavy atom. The quantitative estimate of drug-likeness (QED) is 0.765. The van der Waals surface area contributed by atoms with E-state index in [2.05, 4.69) is 23.2 Å². The zero-order chi connectivity index (χ0) is 16.2. The third-order valence-corrected chi connectivity index (χ3v) is 5.84. The second-order valence-corrected chi connectivity index (χ2v) is 8.08. The molecule has 0 radical (unpaired) electrons. The summed E-state index contributed by atoms with van der Waals surface area (Å²) in [7, 11) is 0. The Bertz CT molecular complexity index is 696. The van der Waals surface area contributed by atoms with E-state index >= 15 is 0 Å². The third kappa shape index (κ3) is 4.19. The van der Waals surface area contributed by atoms with Crippen LogP contribution in [0.5, 0.6) is 0 Å². The molecule has 0 saturated carbocycles. The minimum absolute atomic E-state index is 0.0916. The van der Waals surface area contributed by atoms with Crippen molar-refractivity contribution < 1.29 is 4.79 Å². The number of hydrogen-bond acceptors (Lipinski definition) is 5. The molecule has 1 atom stereocenters. The van der Waals surface area contributed by atoms with Gasteiger partial charge in [0.2, 0.25) is 5.91 Å².